The minimum absolute atomic E-state index is 0.160. The number of nitrogens with zero attached hydrogens (tertiary/aromatic N) is 2. The Hall–Kier alpha value is -1.75. The second kappa shape index (κ2) is 5.09. The molecular formula is C14H16FN3O. The van der Waals surface area contributed by atoms with E-state index in [1.807, 2.05) is 6.07 Å². The van der Waals surface area contributed by atoms with Gasteiger partial charge in [0.15, 0.2) is 5.82 Å². The van der Waals surface area contributed by atoms with Gasteiger partial charge in [-0.05, 0) is 49.4 Å². The summed E-state index contributed by atoms with van der Waals surface area (Å²) in [5, 5.41) is 7.17. The topological polar surface area (TPSA) is 51.0 Å². The molecule has 19 heavy (non-hydrogen) atoms. The Kier molecular flexibility index (Phi) is 3.29. The Balaban J connectivity index is 1.73. The maximum atomic E-state index is 13.2. The normalized spacial score (nSPS) is 18.3. The van der Waals surface area contributed by atoms with E-state index < -0.39 is 0 Å². The molecule has 1 aromatic heterocycles. The van der Waals surface area contributed by atoms with E-state index in [0.29, 0.717) is 18.3 Å². The van der Waals surface area contributed by atoms with Crippen LogP contribution >= 0.6 is 0 Å². The number of fused-ring (bicyclic) bond motifs is 1. The third-order valence-corrected chi connectivity index (χ3v) is 3.49. The lowest BCUT2D eigenvalue weighted by Crippen LogP contribution is -2.25. The summed E-state index contributed by atoms with van der Waals surface area (Å²) in [4.78, 5) is 4.16. The Morgan fingerprint density at radius 1 is 1.47 bits per heavy atom. The third kappa shape index (κ3) is 2.66. The van der Waals surface area contributed by atoms with E-state index in [1.54, 1.807) is 13.0 Å². The van der Waals surface area contributed by atoms with Crippen LogP contribution in [0.5, 0.6) is 0 Å². The average Bonchev–Trinajstić information content (AvgIpc) is 2.81. The van der Waals surface area contributed by atoms with Crippen molar-refractivity contribution < 1.29 is 8.91 Å². The fourth-order valence-corrected chi connectivity index (χ4v) is 2.62. The molecule has 0 aliphatic heterocycles. The van der Waals surface area contributed by atoms with Gasteiger partial charge in [0.05, 0.1) is 6.54 Å². The predicted octanol–water partition coefficient (Wildman–Crippen LogP) is 2.68. The largest absolute Gasteiger partial charge is 0.338 e. The second-order valence-electron chi connectivity index (χ2n) is 4.90. The van der Waals surface area contributed by atoms with Crippen molar-refractivity contribution in [2.75, 3.05) is 0 Å². The summed E-state index contributed by atoms with van der Waals surface area (Å²) >= 11 is 0. The SMILES string of the molecule is Cc1noc(CNC2CCCc3cc(F)ccc32)n1. The fraction of sp³-hybridized carbons (Fsp3) is 0.429. The molecule has 1 heterocycles. The molecule has 1 aliphatic carbocycles. The number of benzene rings is 1. The van der Waals surface area contributed by atoms with Crippen molar-refractivity contribution in [3.63, 3.8) is 0 Å². The zero-order valence-corrected chi connectivity index (χ0v) is 10.8. The van der Waals surface area contributed by atoms with Gasteiger partial charge in [0.25, 0.3) is 0 Å². The first-order valence-corrected chi connectivity index (χ1v) is 6.53. The van der Waals surface area contributed by atoms with Crippen molar-refractivity contribution >= 4 is 0 Å². The van der Waals surface area contributed by atoms with Crippen LogP contribution < -0.4 is 5.32 Å². The molecule has 2 aromatic rings. The van der Waals surface area contributed by atoms with Gasteiger partial charge in [-0.3, -0.25) is 0 Å². The molecule has 0 saturated heterocycles. The summed E-state index contributed by atoms with van der Waals surface area (Å²) in [5.74, 6) is 1.07. The molecule has 100 valence electrons. The average molecular weight is 261 g/mol. The van der Waals surface area contributed by atoms with Crippen molar-refractivity contribution in [3.05, 3.63) is 46.9 Å². The van der Waals surface area contributed by atoms with Gasteiger partial charge in [-0.2, -0.15) is 4.98 Å². The first-order valence-electron chi connectivity index (χ1n) is 6.53. The number of nitrogens with one attached hydrogen (secondary N) is 1. The van der Waals surface area contributed by atoms with E-state index in [0.717, 1.165) is 24.8 Å². The molecule has 1 N–H and O–H groups in total. The first-order chi connectivity index (χ1) is 9.22. The monoisotopic (exact) mass is 261 g/mol. The molecule has 0 saturated carbocycles. The van der Waals surface area contributed by atoms with Gasteiger partial charge in [0.1, 0.15) is 5.82 Å². The number of rotatable bonds is 3. The Bertz CT molecular complexity index is 582. The molecule has 0 radical (unpaired) electrons. The molecule has 1 unspecified atom stereocenters. The molecule has 4 nitrogen and oxygen atoms in total. The molecule has 5 heteroatoms. The highest BCUT2D eigenvalue weighted by Gasteiger charge is 2.20. The van der Waals surface area contributed by atoms with Crippen LogP contribution in [0, 0.1) is 12.7 Å². The summed E-state index contributed by atoms with van der Waals surface area (Å²) in [6.07, 6.45) is 3.06. The quantitative estimate of drug-likeness (QED) is 0.923. The van der Waals surface area contributed by atoms with Gasteiger partial charge in [0.2, 0.25) is 5.89 Å². The smallest absolute Gasteiger partial charge is 0.240 e. The minimum Gasteiger partial charge on any atom is -0.338 e. The lowest BCUT2D eigenvalue weighted by molar-refractivity contribution is 0.347. The van der Waals surface area contributed by atoms with Gasteiger partial charge in [-0.25, -0.2) is 4.39 Å². The van der Waals surface area contributed by atoms with E-state index in [4.69, 9.17) is 4.52 Å². The molecular weight excluding hydrogens is 245 g/mol. The molecule has 0 bridgehead atoms. The molecule has 1 aliphatic rings. The summed E-state index contributed by atoms with van der Waals surface area (Å²) < 4.78 is 18.3. The van der Waals surface area contributed by atoms with Crippen molar-refractivity contribution in [3.8, 4) is 0 Å². The maximum Gasteiger partial charge on any atom is 0.240 e. The molecule has 3 rings (SSSR count). The Labute approximate surface area is 111 Å². The van der Waals surface area contributed by atoms with E-state index in [1.165, 1.54) is 11.6 Å². The summed E-state index contributed by atoms with van der Waals surface area (Å²) in [6.45, 7) is 2.34. The van der Waals surface area contributed by atoms with Gasteiger partial charge in [-0.15, -0.1) is 0 Å². The second-order valence-corrected chi connectivity index (χ2v) is 4.90. The maximum absolute atomic E-state index is 13.2. The number of hydrogen-bond donors (Lipinski definition) is 1. The molecule has 0 amide bonds. The highest BCUT2D eigenvalue weighted by Crippen LogP contribution is 2.30. The lowest BCUT2D eigenvalue weighted by Gasteiger charge is -2.26. The minimum atomic E-state index is -0.160. The van der Waals surface area contributed by atoms with Crippen LogP contribution in [0.3, 0.4) is 0 Å². The first kappa shape index (κ1) is 12.3. The summed E-state index contributed by atoms with van der Waals surface area (Å²) in [6, 6.07) is 5.27. The van der Waals surface area contributed by atoms with Gasteiger partial charge in [0, 0.05) is 6.04 Å². The lowest BCUT2D eigenvalue weighted by atomic mass is 9.87. The van der Waals surface area contributed by atoms with Crippen LogP contribution in [0.15, 0.2) is 22.7 Å². The van der Waals surface area contributed by atoms with Gasteiger partial charge < -0.3 is 9.84 Å². The number of aryl methyl sites for hydroxylation is 2. The highest BCUT2D eigenvalue weighted by molar-refractivity contribution is 5.32. The van der Waals surface area contributed by atoms with Crippen molar-refractivity contribution in [1.82, 2.24) is 15.5 Å². The Morgan fingerprint density at radius 3 is 3.16 bits per heavy atom. The number of aromatic nitrogens is 2. The van der Waals surface area contributed by atoms with Gasteiger partial charge in [-0.1, -0.05) is 11.2 Å². The van der Waals surface area contributed by atoms with E-state index in [2.05, 4.69) is 15.5 Å². The fourth-order valence-electron chi connectivity index (χ4n) is 2.62. The number of hydrogen-bond acceptors (Lipinski definition) is 4. The van der Waals surface area contributed by atoms with Crippen LogP contribution in [-0.2, 0) is 13.0 Å². The number of halogens is 1. The predicted molar refractivity (Wildman–Crippen MR) is 68.0 cm³/mol. The van der Waals surface area contributed by atoms with E-state index in [-0.39, 0.29) is 11.9 Å². The van der Waals surface area contributed by atoms with E-state index in [9.17, 15) is 4.39 Å². The molecule has 1 atom stereocenters. The van der Waals surface area contributed by atoms with Crippen LogP contribution in [-0.4, -0.2) is 10.1 Å². The van der Waals surface area contributed by atoms with Crippen molar-refractivity contribution in [1.29, 1.82) is 0 Å². The van der Waals surface area contributed by atoms with Crippen LogP contribution in [0.1, 0.15) is 41.7 Å². The molecule has 0 fully saturated rings. The summed E-state index contributed by atoms with van der Waals surface area (Å²) in [5.41, 5.74) is 2.29. The van der Waals surface area contributed by atoms with Gasteiger partial charge >= 0.3 is 0 Å². The standard InChI is InChI=1S/C14H16FN3O/c1-9-17-14(19-18-9)8-16-13-4-2-3-10-7-11(15)5-6-12(10)13/h5-7,13,16H,2-4,8H2,1H3. The molecule has 1 aromatic carbocycles. The summed E-state index contributed by atoms with van der Waals surface area (Å²) in [7, 11) is 0. The zero-order chi connectivity index (χ0) is 13.2. The highest BCUT2D eigenvalue weighted by atomic mass is 19.1. The Morgan fingerprint density at radius 2 is 2.37 bits per heavy atom. The van der Waals surface area contributed by atoms with Crippen molar-refractivity contribution in [2.45, 2.75) is 38.8 Å². The van der Waals surface area contributed by atoms with Crippen molar-refractivity contribution in [2.24, 2.45) is 0 Å². The molecule has 0 spiro atoms. The van der Waals surface area contributed by atoms with Crippen LogP contribution in [0.2, 0.25) is 0 Å². The van der Waals surface area contributed by atoms with E-state index >= 15 is 0 Å². The zero-order valence-electron chi connectivity index (χ0n) is 10.8. The van der Waals surface area contributed by atoms with Crippen LogP contribution in [0.25, 0.3) is 0 Å². The van der Waals surface area contributed by atoms with Crippen LogP contribution in [0.4, 0.5) is 4.39 Å². The third-order valence-electron chi connectivity index (χ3n) is 3.49.